The summed E-state index contributed by atoms with van der Waals surface area (Å²) in [5.74, 6) is 1.05. The summed E-state index contributed by atoms with van der Waals surface area (Å²) >= 11 is 3.33. The van der Waals surface area contributed by atoms with Crippen molar-refractivity contribution in [1.82, 2.24) is 0 Å². The summed E-state index contributed by atoms with van der Waals surface area (Å²) in [6.45, 7) is 0.202. The van der Waals surface area contributed by atoms with Gasteiger partial charge in [-0.05, 0) is 46.3 Å². The van der Waals surface area contributed by atoms with Crippen LogP contribution in [0.1, 0.15) is 10.4 Å². The standard InChI is InChI=1S/C14H11BrN2O3/c15-11-3-1-8(16)5-10(11)14(18)17-9-2-4-12-13(6-9)20-7-19-12/h1-6H,7,16H2,(H,17,18). The molecule has 5 nitrogen and oxygen atoms in total. The predicted molar refractivity (Wildman–Crippen MR) is 79.1 cm³/mol. The summed E-state index contributed by atoms with van der Waals surface area (Å²) in [7, 11) is 0. The van der Waals surface area contributed by atoms with Gasteiger partial charge in [0.15, 0.2) is 11.5 Å². The first-order valence-electron chi connectivity index (χ1n) is 5.89. The molecule has 0 aliphatic carbocycles. The van der Waals surface area contributed by atoms with Gasteiger partial charge in [-0.25, -0.2) is 0 Å². The van der Waals surface area contributed by atoms with Crippen molar-refractivity contribution in [2.24, 2.45) is 0 Å². The lowest BCUT2D eigenvalue weighted by atomic mass is 10.2. The number of benzene rings is 2. The molecule has 0 saturated carbocycles. The van der Waals surface area contributed by atoms with Crippen molar-refractivity contribution in [2.45, 2.75) is 0 Å². The van der Waals surface area contributed by atoms with E-state index in [1.165, 1.54) is 0 Å². The van der Waals surface area contributed by atoms with Gasteiger partial charge in [0.25, 0.3) is 5.91 Å². The number of ether oxygens (including phenoxy) is 2. The average molecular weight is 335 g/mol. The Hall–Kier alpha value is -2.21. The second-order valence-electron chi connectivity index (χ2n) is 4.26. The fourth-order valence-corrected chi connectivity index (χ4v) is 2.32. The molecule has 2 aromatic carbocycles. The molecular weight excluding hydrogens is 324 g/mol. The second-order valence-corrected chi connectivity index (χ2v) is 5.12. The van der Waals surface area contributed by atoms with Gasteiger partial charge >= 0.3 is 0 Å². The topological polar surface area (TPSA) is 73.6 Å². The molecule has 1 aliphatic heterocycles. The van der Waals surface area contributed by atoms with Gasteiger partial charge in [-0.1, -0.05) is 0 Å². The summed E-state index contributed by atoms with van der Waals surface area (Å²) in [4.78, 5) is 12.2. The van der Waals surface area contributed by atoms with E-state index in [0.29, 0.717) is 32.9 Å². The maximum atomic E-state index is 12.2. The lowest BCUT2D eigenvalue weighted by Crippen LogP contribution is -2.12. The van der Waals surface area contributed by atoms with Crippen LogP contribution in [0.25, 0.3) is 0 Å². The molecule has 0 atom stereocenters. The van der Waals surface area contributed by atoms with Crippen LogP contribution >= 0.6 is 15.9 Å². The minimum atomic E-state index is -0.247. The zero-order chi connectivity index (χ0) is 14.1. The van der Waals surface area contributed by atoms with Crippen molar-refractivity contribution in [3.8, 4) is 11.5 Å². The van der Waals surface area contributed by atoms with Crippen molar-refractivity contribution in [3.63, 3.8) is 0 Å². The molecule has 0 aromatic heterocycles. The van der Waals surface area contributed by atoms with E-state index in [1.807, 2.05) is 0 Å². The molecule has 0 radical (unpaired) electrons. The first-order chi connectivity index (χ1) is 9.63. The first kappa shape index (κ1) is 12.8. The number of nitrogen functional groups attached to an aromatic ring is 1. The normalized spacial score (nSPS) is 12.2. The number of anilines is 2. The van der Waals surface area contributed by atoms with Crippen LogP contribution in [0.4, 0.5) is 11.4 Å². The number of hydrogen-bond donors (Lipinski definition) is 2. The van der Waals surface area contributed by atoms with Gasteiger partial charge in [-0.15, -0.1) is 0 Å². The molecule has 1 heterocycles. The van der Waals surface area contributed by atoms with Gasteiger partial charge in [-0.2, -0.15) is 0 Å². The number of carbonyl (C=O) groups is 1. The van der Waals surface area contributed by atoms with Crippen LogP contribution in [0.15, 0.2) is 40.9 Å². The van der Waals surface area contributed by atoms with Crippen LogP contribution in [0.3, 0.4) is 0 Å². The van der Waals surface area contributed by atoms with Crippen LogP contribution in [0.2, 0.25) is 0 Å². The minimum absolute atomic E-state index is 0.202. The Bertz CT molecular complexity index is 688. The molecular formula is C14H11BrN2O3. The van der Waals surface area contributed by atoms with Gasteiger partial charge in [-0.3, -0.25) is 4.79 Å². The molecule has 3 rings (SSSR count). The van der Waals surface area contributed by atoms with Crippen LogP contribution in [-0.4, -0.2) is 12.7 Å². The SMILES string of the molecule is Nc1ccc(Br)c(C(=O)Nc2ccc3c(c2)OCO3)c1. The molecule has 0 fully saturated rings. The van der Waals surface area contributed by atoms with E-state index < -0.39 is 0 Å². The number of rotatable bonds is 2. The summed E-state index contributed by atoms with van der Waals surface area (Å²) in [6.07, 6.45) is 0. The third-order valence-corrected chi connectivity index (χ3v) is 3.56. The lowest BCUT2D eigenvalue weighted by molar-refractivity contribution is 0.102. The monoisotopic (exact) mass is 334 g/mol. The van der Waals surface area contributed by atoms with E-state index in [4.69, 9.17) is 15.2 Å². The van der Waals surface area contributed by atoms with Gasteiger partial charge in [0, 0.05) is 21.9 Å². The van der Waals surface area contributed by atoms with E-state index >= 15 is 0 Å². The van der Waals surface area contributed by atoms with E-state index in [-0.39, 0.29) is 12.7 Å². The zero-order valence-corrected chi connectivity index (χ0v) is 11.9. The number of nitrogens with two attached hydrogens (primary N) is 1. The predicted octanol–water partition coefficient (Wildman–Crippen LogP) is 3.01. The van der Waals surface area contributed by atoms with Crippen LogP contribution in [0, 0.1) is 0 Å². The summed E-state index contributed by atoms with van der Waals surface area (Å²) < 4.78 is 11.2. The summed E-state index contributed by atoms with van der Waals surface area (Å²) in [5, 5.41) is 2.80. The lowest BCUT2D eigenvalue weighted by Gasteiger charge is -2.08. The van der Waals surface area contributed by atoms with Gasteiger partial charge < -0.3 is 20.5 Å². The maximum absolute atomic E-state index is 12.2. The zero-order valence-electron chi connectivity index (χ0n) is 10.4. The number of fused-ring (bicyclic) bond motifs is 1. The fraction of sp³-hybridized carbons (Fsp3) is 0.0714. The highest BCUT2D eigenvalue weighted by Crippen LogP contribution is 2.34. The highest BCUT2D eigenvalue weighted by molar-refractivity contribution is 9.10. The molecule has 0 bridgehead atoms. The Labute approximate surface area is 123 Å². The van der Waals surface area contributed by atoms with Crippen LogP contribution in [0.5, 0.6) is 11.5 Å². The molecule has 3 N–H and O–H groups in total. The Morgan fingerprint density at radius 1 is 1.15 bits per heavy atom. The Morgan fingerprint density at radius 3 is 2.80 bits per heavy atom. The third-order valence-electron chi connectivity index (χ3n) is 2.87. The molecule has 2 aromatic rings. The fourth-order valence-electron chi connectivity index (χ4n) is 1.89. The molecule has 0 unspecified atom stereocenters. The summed E-state index contributed by atoms with van der Waals surface area (Å²) in [6, 6.07) is 10.3. The van der Waals surface area contributed by atoms with E-state index in [2.05, 4.69) is 21.2 Å². The summed E-state index contributed by atoms with van der Waals surface area (Å²) in [5.41, 5.74) is 7.33. The second kappa shape index (κ2) is 5.05. The minimum Gasteiger partial charge on any atom is -0.454 e. The maximum Gasteiger partial charge on any atom is 0.256 e. The molecule has 1 amide bonds. The average Bonchev–Trinajstić information content (AvgIpc) is 2.89. The van der Waals surface area contributed by atoms with Gasteiger partial charge in [0.1, 0.15) is 0 Å². The number of hydrogen-bond acceptors (Lipinski definition) is 4. The highest BCUT2D eigenvalue weighted by atomic mass is 79.9. The largest absolute Gasteiger partial charge is 0.454 e. The quantitative estimate of drug-likeness (QED) is 0.828. The van der Waals surface area contributed by atoms with Crippen LogP contribution < -0.4 is 20.5 Å². The molecule has 102 valence electrons. The van der Waals surface area contributed by atoms with Crippen molar-refractivity contribution in [1.29, 1.82) is 0 Å². The Morgan fingerprint density at radius 2 is 1.95 bits per heavy atom. The molecule has 0 spiro atoms. The van der Waals surface area contributed by atoms with Crippen LogP contribution in [-0.2, 0) is 0 Å². The van der Waals surface area contributed by atoms with E-state index in [0.717, 1.165) is 0 Å². The smallest absolute Gasteiger partial charge is 0.256 e. The molecule has 1 aliphatic rings. The van der Waals surface area contributed by atoms with Gasteiger partial charge in [0.05, 0.1) is 5.56 Å². The van der Waals surface area contributed by atoms with Crippen molar-refractivity contribution >= 4 is 33.2 Å². The number of amides is 1. The Balaban J connectivity index is 1.84. The number of nitrogens with one attached hydrogen (secondary N) is 1. The highest BCUT2D eigenvalue weighted by Gasteiger charge is 2.15. The van der Waals surface area contributed by atoms with E-state index in [9.17, 15) is 4.79 Å². The number of halogens is 1. The first-order valence-corrected chi connectivity index (χ1v) is 6.69. The molecule has 20 heavy (non-hydrogen) atoms. The van der Waals surface area contributed by atoms with Gasteiger partial charge in [0.2, 0.25) is 6.79 Å². The Kier molecular flexibility index (Phi) is 3.23. The number of carbonyl (C=O) groups excluding carboxylic acids is 1. The molecule has 6 heteroatoms. The third kappa shape index (κ3) is 2.42. The van der Waals surface area contributed by atoms with Crippen molar-refractivity contribution < 1.29 is 14.3 Å². The van der Waals surface area contributed by atoms with E-state index in [1.54, 1.807) is 36.4 Å². The molecule has 0 saturated heterocycles. The van der Waals surface area contributed by atoms with Crippen molar-refractivity contribution in [2.75, 3.05) is 17.8 Å². The van der Waals surface area contributed by atoms with Crippen molar-refractivity contribution in [3.05, 3.63) is 46.4 Å².